The molecule has 3 heterocycles. The molecule has 29 heavy (non-hydrogen) atoms. The van der Waals surface area contributed by atoms with Gasteiger partial charge in [0.2, 0.25) is 11.7 Å². The van der Waals surface area contributed by atoms with Crippen LogP contribution in [0.2, 0.25) is 0 Å². The van der Waals surface area contributed by atoms with E-state index in [1.807, 2.05) is 4.90 Å². The van der Waals surface area contributed by atoms with Gasteiger partial charge in [0.25, 0.3) is 5.91 Å². The summed E-state index contributed by atoms with van der Waals surface area (Å²) in [6.45, 7) is 4.08. The van der Waals surface area contributed by atoms with Crippen LogP contribution in [-0.2, 0) is 20.8 Å². The zero-order valence-electron chi connectivity index (χ0n) is 16.4. The number of piperazine rings is 1. The van der Waals surface area contributed by atoms with Crippen molar-refractivity contribution in [1.82, 2.24) is 19.9 Å². The second-order valence-corrected chi connectivity index (χ2v) is 7.18. The lowest BCUT2D eigenvalue weighted by molar-refractivity contribution is -0.142. The van der Waals surface area contributed by atoms with E-state index in [4.69, 9.17) is 14.0 Å². The smallest absolute Gasteiger partial charge is 0.337 e. The molecule has 0 saturated carbocycles. The molecule has 1 atom stereocenters. The average molecular weight is 400 g/mol. The highest BCUT2D eigenvalue weighted by Gasteiger charge is 2.30. The Balaban J connectivity index is 1.30. The number of carbonyl (C=O) groups is 2. The molecule has 0 bridgehead atoms. The number of nitrogens with zero attached hydrogens (tertiary/aromatic N) is 4. The standard InChI is InChI=1S/C20H24N4O5/c1-27-20(26)15-6-4-14(5-7-15)18-21-17(29-22-18)13-23-8-10-24(11-9-23)19(25)16-3-2-12-28-16/h4-7,16H,2-3,8-13H2,1H3/t16-/m1/s1. The topological polar surface area (TPSA) is 98.0 Å². The van der Waals surface area contributed by atoms with E-state index < -0.39 is 0 Å². The Morgan fingerprint density at radius 3 is 2.59 bits per heavy atom. The molecule has 0 unspecified atom stereocenters. The Morgan fingerprint density at radius 2 is 1.93 bits per heavy atom. The maximum atomic E-state index is 12.4. The van der Waals surface area contributed by atoms with Gasteiger partial charge in [0.1, 0.15) is 6.10 Å². The zero-order chi connectivity index (χ0) is 20.2. The van der Waals surface area contributed by atoms with Crippen molar-refractivity contribution in [2.45, 2.75) is 25.5 Å². The van der Waals surface area contributed by atoms with Gasteiger partial charge in [-0.1, -0.05) is 17.3 Å². The van der Waals surface area contributed by atoms with Crippen LogP contribution in [0, 0.1) is 0 Å². The number of esters is 1. The summed E-state index contributed by atoms with van der Waals surface area (Å²) >= 11 is 0. The first-order valence-electron chi connectivity index (χ1n) is 9.78. The van der Waals surface area contributed by atoms with Gasteiger partial charge in [0.15, 0.2) is 0 Å². The molecule has 2 aromatic rings. The van der Waals surface area contributed by atoms with Crippen LogP contribution >= 0.6 is 0 Å². The van der Waals surface area contributed by atoms with Gasteiger partial charge in [0.05, 0.1) is 19.2 Å². The summed E-state index contributed by atoms with van der Waals surface area (Å²) in [5.41, 5.74) is 1.23. The van der Waals surface area contributed by atoms with Crippen molar-refractivity contribution in [3.8, 4) is 11.4 Å². The largest absolute Gasteiger partial charge is 0.465 e. The maximum Gasteiger partial charge on any atom is 0.337 e. The highest BCUT2D eigenvalue weighted by atomic mass is 16.5. The van der Waals surface area contributed by atoms with Crippen LogP contribution in [0.25, 0.3) is 11.4 Å². The molecule has 1 amide bonds. The molecule has 0 spiro atoms. The third kappa shape index (κ3) is 4.46. The summed E-state index contributed by atoms with van der Waals surface area (Å²) in [5, 5.41) is 4.03. The van der Waals surface area contributed by atoms with E-state index in [0.29, 0.717) is 43.5 Å². The van der Waals surface area contributed by atoms with Gasteiger partial charge in [-0.05, 0) is 25.0 Å². The number of aromatic nitrogens is 2. The minimum atomic E-state index is -0.387. The average Bonchev–Trinajstić information content (AvgIpc) is 3.46. The van der Waals surface area contributed by atoms with Crippen LogP contribution in [0.4, 0.5) is 0 Å². The molecular weight excluding hydrogens is 376 g/mol. The number of benzene rings is 1. The minimum absolute atomic E-state index is 0.109. The van der Waals surface area contributed by atoms with Crippen LogP contribution in [0.15, 0.2) is 28.8 Å². The summed E-state index contributed by atoms with van der Waals surface area (Å²) in [4.78, 5) is 32.5. The zero-order valence-corrected chi connectivity index (χ0v) is 16.4. The molecule has 0 radical (unpaired) electrons. The molecule has 0 aliphatic carbocycles. The molecular formula is C20H24N4O5. The van der Waals surface area contributed by atoms with Crippen LogP contribution in [0.5, 0.6) is 0 Å². The van der Waals surface area contributed by atoms with Crippen molar-refractivity contribution in [2.24, 2.45) is 0 Å². The Labute approximate surface area is 168 Å². The Bertz CT molecular complexity index is 852. The quantitative estimate of drug-likeness (QED) is 0.694. The third-order valence-electron chi connectivity index (χ3n) is 5.28. The fourth-order valence-electron chi connectivity index (χ4n) is 3.60. The summed E-state index contributed by atoms with van der Waals surface area (Å²) in [5.74, 6) is 0.722. The minimum Gasteiger partial charge on any atom is -0.465 e. The maximum absolute atomic E-state index is 12.4. The van der Waals surface area contributed by atoms with Crippen molar-refractivity contribution < 1.29 is 23.6 Å². The Hall–Kier alpha value is -2.78. The van der Waals surface area contributed by atoms with Crippen molar-refractivity contribution >= 4 is 11.9 Å². The van der Waals surface area contributed by atoms with Gasteiger partial charge in [-0.25, -0.2) is 4.79 Å². The summed E-state index contributed by atoms with van der Waals surface area (Å²) in [6, 6.07) is 6.86. The third-order valence-corrected chi connectivity index (χ3v) is 5.28. The van der Waals surface area contributed by atoms with Gasteiger partial charge < -0.3 is 18.9 Å². The van der Waals surface area contributed by atoms with Crippen molar-refractivity contribution in [3.63, 3.8) is 0 Å². The normalized spacial score (nSPS) is 20.0. The fraction of sp³-hybridized carbons (Fsp3) is 0.500. The van der Waals surface area contributed by atoms with Crippen LogP contribution in [-0.4, -0.2) is 77.8 Å². The van der Waals surface area contributed by atoms with E-state index in [1.165, 1.54) is 7.11 Å². The SMILES string of the molecule is COC(=O)c1ccc(-c2noc(CN3CCN(C(=O)[C@H]4CCCO4)CC3)n2)cc1. The first-order chi connectivity index (χ1) is 14.1. The second kappa shape index (κ2) is 8.71. The fourth-order valence-corrected chi connectivity index (χ4v) is 3.60. The Morgan fingerprint density at radius 1 is 1.17 bits per heavy atom. The van der Waals surface area contributed by atoms with E-state index in [0.717, 1.165) is 31.5 Å². The molecule has 0 N–H and O–H groups in total. The molecule has 154 valence electrons. The summed E-state index contributed by atoms with van der Waals surface area (Å²) in [6.07, 6.45) is 1.52. The van der Waals surface area contributed by atoms with Gasteiger partial charge in [-0.15, -0.1) is 0 Å². The summed E-state index contributed by atoms with van der Waals surface area (Å²) in [7, 11) is 1.35. The summed E-state index contributed by atoms with van der Waals surface area (Å²) < 4.78 is 15.6. The molecule has 2 saturated heterocycles. The predicted molar refractivity (Wildman–Crippen MR) is 102 cm³/mol. The number of amides is 1. The lowest BCUT2D eigenvalue weighted by Gasteiger charge is -2.35. The van der Waals surface area contributed by atoms with E-state index in [1.54, 1.807) is 24.3 Å². The van der Waals surface area contributed by atoms with E-state index in [9.17, 15) is 9.59 Å². The molecule has 2 fully saturated rings. The second-order valence-electron chi connectivity index (χ2n) is 7.18. The number of ether oxygens (including phenoxy) is 2. The monoisotopic (exact) mass is 400 g/mol. The Kier molecular flexibility index (Phi) is 5.86. The number of rotatable bonds is 5. The van der Waals surface area contributed by atoms with E-state index >= 15 is 0 Å². The predicted octanol–water partition coefficient (Wildman–Crippen LogP) is 1.35. The highest BCUT2D eigenvalue weighted by Crippen LogP contribution is 2.19. The van der Waals surface area contributed by atoms with Crippen molar-refractivity contribution in [1.29, 1.82) is 0 Å². The van der Waals surface area contributed by atoms with Crippen molar-refractivity contribution in [3.05, 3.63) is 35.7 Å². The number of methoxy groups -OCH3 is 1. The van der Waals surface area contributed by atoms with E-state index in [2.05, 4.69) is 15.0 Å². The molecule has 9 heteroatoms. The first kappa shape index (κ1) is 19.5. The first-order valence-corrected chi connectivity index (χ1v) is 9.78. The highest BCUT2D eigenvalue weighted by molar-refractivity contribution is 5.89. The van der Waals surface area contributed by atoms with Crippen LogP contribution < -0.4 is 0 Å². The lowest BCUT2D eigenvalue weighted by Crippen LogP contribution is -2.51. The molecule has 2 aliphatic rings. The number of carbonyl (C=O) groups excluding carboxylic acids is 2. The molecule has 1 aromatic carbocycles. The van der Waals surface area contributed by atoms with E-state index in [-0.39, 0.29) is 18.0 Å². The van der Waals surface area contributed by atoms with Crippen LogP contribution in [0.3, 0.4) is 0 Å². The lowest BCUT2D eigenvalue weighted by atomic mass is 10.1. The molecule has 4 rings (SSSR count). The van der Waals surface area contributed by atoms with Crippen LogP contribution in [0.1, 0.15) is 29.1 Å². The molecule has 2 aliphatic heterocycles. The van der Waals surface area contributed by atoms with Gasteiger partial charge >= 0.3 is 5.97 Å². The molecule has 9 nitrogen and oxygen atoms in total. The molecule has 1 aromatic heterocycles. The van der Waals surface area contributed by atoms with Gasteiger partial charge in [-0.3, -0.25) is 9.69 Å². The number of hydrogen-bond acceptors (Lipinski definition) is 8. The van der Waals surface area contributed by atoms with Crippen molar-refractivity contribution in [2.75, 3.05) is 39.9 Å². The number of hydrogen-bond donors (Lipinski definition) is 0. The van der Waals surface area contributed by atoms with Gasteiger partial charge in [-0.2, -0.15) is 4.98 Å². The van der Waals surface area contributed by atoms with Gasteiger partial charge in [0, 0.05) is 38.3 Å².